The molecule has 0 unspecified atom stereocenters. The lowest BCUT2D eigenvalue weighted by Gasteiger charge is -2.39. The van der Waals surface area contributed by atoms with Crippen LogP contribution in [0.25, 0.3) is 0 Å². The van der Waals surface area contributed by atoms with E-state index in [-0.39, 0.29) is 21.1 Å². The number of anilines is 1. The summed E-state index contributed by atoms with van der Waals surface area (Å²) < 4.78 is 15.0. The van der Waals surface area contributed by atoms with Crippen molar-refractivity contribution in [3.05, 3.63) is 70.2 Å². The molecule has 1 saturated carbocycles. The van der Waals surface area contributed by atoms with Gasteiger partial charge in [0.05, 0.1) is 14.9 Å². The fourth-order valence-electron chi connectivity index (χ4n) is 5.77. The van der Waals surface area contributed by atoms with Gasteiger partial charge >= 0.3 is 6.09 Å². The van der Waals surface area contributed by atoms with E-state index >= 15 is 0 Å². The maximum absolute atomic E-state index is 13.2. The number of nitrogens with zero attached hydrogens (tertiary/aromatic N) is 6. The van der Waals surface area contributed by atoms with Gasteiger partial charge in [0, 0.05) is 50.2 Å². The van der Waals surface area contributed by atoms with E-state index in [1.54, 1.807) is 23.9 Å². The molecule has 3 aromatic rings. The van der Waals surface area contributed by atoms with Crippen LogP contribution in [0.5, 0.6) is 5.75 Å². The number of aromatic nitrogens is 3. The van der Waals surface area contributed by atoms with E-state index < -0.39 is 32.4 Å². The smallest absolute Gasteiger partial charge is 0.411 e. The number of pyridine rings is 1. The average molecular weight is 738 g/mol. The zero-order chi connectivity index (χ0) is 33.0. The van der Waals surface area contributed by atoms with Gasteiger partial charge in [-0.2, -0.15) is 10.4 Å². The first-order chi connectivity index (χ1) is 21.8. The van der Waals surface area contributed by atoms with Crippen LogP contribution >= 0.6 is 20.7 Å². The Labute approximate surface area is 279 Å². The summed E-state index contributed by atoms with van der Waals surface area (Å²) in [6, 6.07) is 9.72. The van der Waals surface area contributed by atoms with Gasteiger partial charge in [0.15, 0.2) is 11.9 Å². The van der Waals surface area contributed by atoms with Crippen molar-refractivity contribution in [2.24, 2.45) is 7.05 Å². The number of benzene rings is 1. The molecule has 12 heteroatoms. The van der Waals surface area contributed by atoms with Gasteiger partial charge in [-0.25, -0.2) is 4.79 Å². The summed E-state index contributed by atoms with van der Waals surface area (Å²) in [5.74, 6) is 1.11. The summed E-state index contributed by atoms with van der Waals surface area (Å²) in [6.45, 7) is 13.2. The first-order valence-corrected chi connectivity index (χ1v) is 17.7. The summed E-state index contributed by atoms with van der Waals surface area (Å²) in [7, 11) is 1.80. The Hall–Kier alpha value is -3.83. The molecule has 1 saturated heterocycles. The van der Waals surface area contributed by atoms with Crippen LogP contribution in [0.4, 0.5) is 10.6 Å². The number of aryl methyl sites for hydroxylation is 3. The van der Waals surface area contributed by atoms with Crippen LogP contribution in [-0.2, 0) is 11.8 Å². The highest BCUT2D eigenvalue weighted by Crippen LogP contribution is 2.51. The number of halogens is 1. The van der Waals surface area contributed by atoms with Gasteiger partial charge in [-0.15, -0.1) is 0 Å². The highest BCUT2D eigenvalue weighted by atomic mass is 127. The molecule has 1 aromatic carbocycles. The van der Waals surface area contributed by atoms with Crippen molar-refractivity contribution in [3.63, 3.8) is 0 Å². The first kappa shape index (κ1) is 32.1. The first-order valence-electron chi connectivity index (χ1n) is 15.5. The molecule has 2 fully saturated rings. The quantitative estimate of drug-likeness (QED) is 0.171. The summed E-state index contributed by atoms with van der Waals surface area (Å²) >= 11 is -0.399. The van der Waals surface area contributed by atoms with Crippen molar-refractivity contribution in [1.82, 2.24) is 24.6 Å². The van der Waals surface area contributed by atoms with E-state index in [2.05, 4.69) is 34.4 Å². The topological polar surface area (TPSA) is 126 Å². The number of amides is 2. The number of carbonyl (C=O) groups is 2. The maximum atomic E-state index is 13.2. The molecule has 2 aliphatic heterocycles. The number of hydrogen-bond donors (Lipinski definition) is 1. The summed E-state index contributed by atoms with van der Waals surface area (Å²) in [5.41, 5.74) is 3.61. The molecule has 2 amide bonds. The zero-order valence-electron chi connectivity index (χ0n) is 27.3. The minimum Gasteiger partial charge on any atom is -0.481 e. The van der Waals surface area contributed by atoms with Crippen LogP contribution < -0.4 is 10.1 Å². The molecule has 0 radical (unpaired) electrons. The summed E-state index contributed by atoms with van der Waals surface area (Å²) in [5, 5.41) is 17.3. The van der Waals surface area contributed by atoms with Crippen LogP contribution in [0.3, 0.4) is 0 Å². The monoisotopic (exact) mass is 737 g/mol. The Morgan fingerprint density at radius 1 is 1.20 bits per heavy atom. The molecule has 2 atom stereocenters. The molecule has 1 aliphatic carbocycles. The second-order valence-corrected chi connectivity index (χ2v) is 17.0. The van der Waals surface area contributed by atoms with E-state index in [4.69, 9.17) is 14.5 Å². The number of nitrogens with one attached hydrogen (secondary N) is 1. The van der Waals surface area contributed by atoms with Gasteiger partial charge in [-0.1, -0.05) is 26.8 Å². The van der Waals surface area contributed by atoms with Crippen LogP contribution in [0, 0.1) is 25.2 Å². The predicted octanol–water partition coefficient (Wildman–Crippen LogP) is 5.94. The Morgan fingerprint density at radius 2 is 1.96 bits per heavy atom. The van der Waals surface area contributed by atoms with E-state index in [0.717, 1.165) is 11.3 Å². The second kappa shape index (κ2) is 12.1. The van der Waals surface area contributed by atoms with E-state index in [1.807, 2.05) is 58.0 Å². The summed E-state index contributed by atoms with van der Waals surface area (Å²) in [6.07, 6.45) is 5.39. The second-order valence-electron chi connectivity index (χ2n) is 13.4. The number of fused-ring (bicyclic) bond motifs is 1. The zero-order valence-corrected chi connectivity index (χ0v) is 29.5. The average Bonchev–Trinajstić information content (AvgIpc) is 3.90. The van der Waals surface area contributed by atoms with E-state index in [9.17, 15) is 14.9 Å². The van der Waals surface area contributed by atoms with E-state index in [1.165, 1.54) is 22.0 Å². The third-order valence-corrected chi connectivity index (χ3v) is 12.2. The van der Waals surface area contributed by atoms with Crippen molar-refractivity contribution in [1.29, 1.82) is 5.26 Å². The van der Waals surface area contributed by atoms with Gasteiger partial charge in [0.25, 0.3) is 5.91 Å². The van der Waals surface area contributed by atoms with Crippen LogP contribution in [0.15, 0.2) is 36.7 Å². The molecule has 242 valence electrons. The van der Waals surface area contributed by atoms with E-state index in [0.29, 0.717) is 48.2 Å². The van der Waals surface area contributed by atoms with Crippen molar-refractivity contribution in [2.45, 2.75) is 75.6 Å². The lowest BCUT2D eigenvalue weighted by atomic mass is 10.0. The molecule has 6 rings (SSSR count). The summed E-state index contributed by atoms with van der Waals surface area (Å²) in [4.78, 5) is 35.3. The largest absolute Gasteiger partial charge is 0.481 e. The fraction of sp³-hybridized carbons (Fsp3) is 0.471. The lowest BCUT2D eigenvalue weighted by Crippen LogP contribution is -2.57. The Morgan fingerprint density at radius 3 is 2.57 bits per heavy atom. The van der Waals surface area contributed by atoms with Crippen LogP contribution in [0.1, 0.15) is 90.9 Å². The Kier molecular flexibility index (Phi) is 8.43. The van der Waals surface area contributed by atoms with Crippen molar-refractivity contribution in [2.75, 3.05) is 25.0 Å². The van der Waals surface area contributed by atoms with Crippen molar-refractivity contribution in [3.8, 4) is 11.8 Å². The molecule has 0 bridgehead atoms. The number of ether oxygens (including phenoxy) is 2. The lowest BCUT2D eigenvalue weighted by molar-refractivity contribution is 0.0160. The molecule has 11 nitrogen and oxygen atoms in total. The van der Waals surface area contributed by atoms with Gasteiger partial charge < -0.3 is 14.8 Å². The number of piperazine rings is 1. The Bertz CT molecular complexity index is 1770. The van der Waals surface area contributed by atoms with Crippen LogP contribution in [-0.4, -0.2) is 69.0 Å². The van der Waals surface area contributed by atoms with Crippen LogP contribution in [0.2, 0.25) is 0 Å². The highest BCUT2D eigenvalue weighted by molar-refractivity contribution is 14.2. The molecule has 2 aromatic heterocycles. The fourth-order valence-corrected chi connectivity index (χ4v) is 8.77. The molecule has 4 heterocycles. The number of rotatable bonds is 8. The van der Waals surface area contributed by atoms with Gasteiger partial charge in [-0.05, 0) is 89.6 Å². The standard InChI is InChI=1S/C34H40IN7O4/c1-20-14-27(24(16-36)15-25(20)30(43)38-29-21(2)18-40(7)39-29)45-28(26-11-10-23(17-37-26)22-8-9-22)19-41-12-13-42(34(6)31(41)35-34)32(44)46-33(3,4)5/h10-11,14-15,17-18,22,28H,8-9,12-13,19H2,1-7H3,(H,38,39,43)/t28-,34+/m1/s1. The maximum Gasteiger partial charge on any atom is 0.411 e. The third-order valence-electron chi connectivity index (χ3n) is 8.38. The predicted molar refractivity (Wildman–Crippen MR) is 183 cm³/mol. The van der Waals surface area contributed by atoms with Crippen molar-refractivity contribution >= 4 is 42.2 Å². The molecule has 1 N–H and O–H groups in total. The number of carbonyl (C=O) groups excluding carboxylic acids is 2. The number of alkyl halides is 1. The van der Waals surface area contributed by atoms with Gasteiger partial charge in [0.2, 0.25) is 0 Å². The highest BCUT2D eigenvalue weighted by Gasteiger charge is 2.55. The molecular formula is C34H40IN7O4. The molecule has 46 heavy (non-hydrogen) atoms. The minimum atomic E-state index is -0.556. The van der Waals surface area contributed by atoms with Gasteiger partial charge in [-0.3, -0.25) is 24.3 Å². The normalized spacial score (nSPS) is 20.0. The Balaban J connectivity index is 1.24. The van der Waals surface area contributed by atoms with Crippen molar-refractivity contribution < 1.29 is 19.1 Å². The third kappa shape index (κ3) is 6.66. The SMILES string of the molecule is Cc1cc(O[C@H](CN2CCN(C(=O)OC(C)(C)C)[C@]3(C)I=C23)c2ccc(C3CC3)cn2)c(C#N)cc1C(=O)Nc1nn(C)cc1C. The number of hydrogen-bond acceptors (Lipinski definition) is 8. The minimum absolute atomic E-state index is 0.263. The molecule has 3 aliphatic rings. The molecule has 0 spiro atoms. The molecular weight excluding hydrogens is 697 g/mol. The van der Waals surface area contributed by atoms with Gasteiger partial charge in [0.1, 0.15) is 21.0 Å². The number of nitriles is 1.